The van der Waals surface area contributed by atoms with E-state index >= 15 is 0 Å². The maximum Gasteiger partial charge on any atom is 0.254 e. The van der Waals surface area contributed by atoms with Gasteiger partial charge in [-0.2, -0.15) is 0 Å². The predicted octanol–water partition coefficient (Wildman–Crippen LogP) is 3.47. The topological polar surface area (TPSA) is 80.3 Å². The number of aliphatic hydroxyl groups excluding tert-OH is 1. The van der Waals surface area contributed by atoms with Crippen LogP contribution in [0.25, 0.3) is 6.08 Å². The summed E-state index contributed by atoms with van der Waals surface area (Å²) < 4.78 is 17.2. The molecule has 2 aromatic rings. The molecule has 33 heavy (non-hydrogen) atoms. The van der Waals surface area contributed by atoms with Crippen molar-refractivity contribution in [2.75, 3.05) is 26.7 Å². The van der Waals surface area contributed by atoms with Crippen molar-refractivity contribution in [3.63, 3.8) is 0 Å². The maximum absolute atomic E-state index is 13.7. The number of carbonyl (C=O) groups is 1. The molecule has 4 rings (SSSR count). The Kier molecular flexibility index (Phi) is 6.63. The summed E-state index contributed by atoms with van der Waals surface area (Å²) in [6, 6.07) is 13.5. The number of hydrogen-bond acceptors (Lipinski definition) is 6. The molecule has 0 spiro atoms. The molecule has 2 N–H and O–H groups in total. The number of fused-ring (bicyclic) bond motifs is 1. The van der Waals surface area contributed by atoms with E-state index in [0.717, 1.165) is 11.1 Å². The van der Waals surface area contributed by atoms with Crippen LogP contribution in [0.4, 0.5) is 0 Å². The van der Waals surface area contributed by atoms with Gasteiger partial charge < -0.3 is 29.5 Å². The van der Waals surface area contributed by atoms with Gasteiger partial charge in [0.25, 0.3) is 5.91 Å². The molecule has 0 bridgehead atoms. The Balaban J connectivity index is 1.61. The summed E-state index contributed by atoms with van der Waals surface area (Å²) >= 11 is 0. The number of β-amino-alcohol motifs (C(OH)–C–C–N with tert-alkyl or cyclic N) is 1. The Morgan fingerprint density at radius 3 is 2.70 bits per heavy atom. The van der Waals surface area contributed by atoms with Crippen LogP contribution >= 0.6 is 0 Å². The average Bonchev–Trinajstić information content (AvgIpc) is 3.33. The molecule has 0 radical (unpaired) electrons. The van der Waals surface area contributed by atoms with Crippen LogP contribution in [0.1, 0.15) is 43.1 Å². The summed E-state index contributed by atoms with van der Waals surface area (Å²) in [5.41, 5.74) is 2.61. The number of nitrogens with zero attached hydrogens (tertiary/aromatic N) is 1. The lowest BCUT2D eigenvalue weighted by Crippen LogP contribution is -2.42. The van der Waals surface area contributed by atoms with Gasteiger partial charge in [-0.05, 0) is 31.0 Å². The quantitative estimate of drug-likeness (QED) is 0.670. The van der Waals surface area contributed by atoms with Crippen LogP contribution in [-0.4, -0.2) is 60.6 Å². The zero-order valence-electron chi connectivity index (χ0n) is 19.6. The molecule has 7 nitrogen and oxygen atoms in total. The first kappa shape index (κ1) is 23.1. The summed E-state index contributed by atoms with van der Waals surface area (Å²) in [7, 11) is 1.55. The summed E-state index contributed by atoms with van der Waals surface area (Å²) in [4.78, 5) is 15.5. The van der Waals surface area contributed by atoms with Gasteiger partial charge in [0.05, 0.1) is 13.2 Å². The molecule has 0 aromatic heterocycles. The fourth-order valence-electron chi connectivity index (χ4n) is 4.34. The van der Waals surface area contributed by atoms with Crippen LogP contribution in [0.2, 0.25) is 0 Å². The highest BCUT2D eigenvalue weighted by Gasteiger charge is 2.36. The summed E-state index contributed by atoms with van der Waals surface area (Å²) in [6.45, 7) is 7.14. The third-order valence-corrected chi connectivity index (χ3v) is 5.77. The number of methoxy groups -OCH3 is 1. The van der Waals surface area contributed by atoms with Gasteiger partial charge in [0.15, 0.2) is 11.5 Å². The second kappa shape index (κ2) is 9.45. The van der Waals surface area contributed by atoms with Crippen molar-refractivity contribution in [3.8, 4) is 17.2 Å². The Bertz CT molecular complexity index is 1030. The Morgan fingerprint density at radius 1 is 1.27 bits per heavy atom. The van der Waals surface area contributed by atoms with Crippen molar-refractivity contribution in [1.29, 1.82) is 0 Å². The molecule has 7 heteroatoms. The number of benzene rings is 2. The van der Waals surface area contributed by atoms with Crippen LogP contribution in [-0.2, 0) is 0 Å². The van der Waals surface area contributed by atoms with Crippen LogP contribution < -0.4 is 19.5 Å². The molecule has 2 heterocycles. The molecule has 0 aliphatic carbocycles. The van der Waals surface area contributed by atoms with E-state index in [4.69, 9.17) is 14.2 Å². The summed E-state index contributed by atoms with van der Waals surface area (Å²) in [6.07, 6.45) is 2.31. The number of nitrogens with one attached hydrogen (secondary N) is 1. The molecule has 1 fully saturated rings. The molecule has 2 aliphatic heterocycles. The first-order valence-corrected chi connectivity index (χ1v) is 11.3. The smallest absolute Gasteiger partial charge is 0.254 e. The molecular formula is C26H32N2O5. The largest absolute Gasteiger partial charge is 0.493 e. The maximum atomic E-state index is 13.7. The molecular weight excluding hydrogens is 420 g/mol. The van der Waals surface area contributed by atoms with E-state index in [0.29, 0.717) is 48.9 Å². The fraction of sp³-hybridized carbons (Fsp3) is 0.423. The van der Waals surface area contributed by atoms with Gasteiger partial charge in [0.2, 0.25) is 11.5 Å². The van der Waals surface area contributed by atoms with Gasteiger partial charge in [0.1, 0.15) is 0 Å². The Hall–Kier alpha value is -3.03. The third-order valence-electron chi connectivity index (χ3n) is 5.77. The summed E-state index contributed by atoms with van der Waals surface area (Å²) in [5.74, 6) is 0.510. The molecule has 2 aromatic carbocycles. The van der Waals surface area contributed by atoms with Gasteiger partial charge in [-0.1, -0.05) is 42.0 Å². The van der Waals surface area contributed by atoms with Crippen LogP contribution in [0.15, 0.2) is 48.0 Å². The van der Waals surface area contributed by atoms with E-state index in [1.165, 1.54) is 0 Å². The second-order valence-electron chi connectivity index (χ2n) is 9.19. The molecule has 0 saturated carbocycles. The molecule has 176 valence electrons. The SMILES string of the molecule is COc1cc(C(=O)N(C/C(C)=C/c2ccccc2)CC2CC(O)CN2)cc2c1OC(C)(C)O2. The van der Waals surface area contributed by atoms with Crippen molar-refractivity contribution < 1.29 is 24.1 Å². The highest BCUT2D eigenvalue weighted by atomic mass is 16.7. The minimum atomic E-state index is -0.824. The number of aliphatic hydroxyl groups is 1. The van der Waals surface area contributed by atoms with E-state index in [9.17, 15) is 9.90 Å². The molecule has 2 atom stereocenters. The normalized spacial score (nSPS) is 21.2. The highest BCUT2D eigenvalue weighted by molar-refractivity contribution is 5.96. The third kappa shape index (κ3) is 5.49. The van der Waals surface area contributed by atoms with E-state index in [2.05, 4.69) is 11.4 Å². The molecule has 1 saturated heterocycles. The monoisotopic (exact) mass is 452 g/mol. The van der Waals surface area contributed by atoms with E-state index in [1.54, 1.807) is 19.2 Å². The van der Waals surface area contributed by atoms with E-state index < -0.39 is 5.79 Å². The number of hydrogen-bond donors (Lipinski definition) is 2. The van der Waals surface area contributed by atoms with Gasteiger partial charge in [0, 0.05) is 45.1 Å². The fourth-order valence-corrected chi connectivity index (χ4v) is 4.34. The number of rotatable bonds is 7. The van der Waals surface area contributed by atoms with E-state index in [1.807, 2.05) is 56.0 Å². The first-order chi connectivity index (χ1) is 15.7. The van der Waals surface area contributed by atoms with Crippen LogP contribution in [0, 0.1) is 0 Å². The Labute approximate surface area is 195 Å². The standard InChI is InChI=1S/C26H32N2O5/c1-17(10-18-8-6-5-7-9-18)15-28(16-20-13-21(29)14-27-20)25(30)19-11-22(31-4)24-23(12-19)32-26(2,3)33-24/h5-12,20-21,27,29H,13-16H2,1-4H3/b17-10+. The summed E-state index contributed by atoms with van der Waals surface area (Å²) in [5, 5.41) is 13.3. The van der Waals surface area contributed by atoms with E-state index in [-0.39, 0.29) is 18.1 Å². The first-order valence-electron chi connectivity index (χ1n) is 11.3. The number of ether oxygens (including phenoxy) is 3. The van der Waals surface area contributed by atoms with Gasteiger partial charge in [-0.15, -0.1) is 0 Å². The minimum Gasteiger partial charge on any atom is -0.493 e. The minimum absolute atomic E-state index is 0.0308. The zero-order valence-corrected chi connectivity index (χ0v) is 19.6. The van der Waals surface area contributed by atoms with Crippen molar-refractivity contribution >= 4 is 12.0 Å². The molecule has 2 aliphatic rings. The van der Waals surface area contributed by atoms with Gasteiger partial charge in [-0.25, -0.2) is 0 Å². The predicted molar refractivity (Wildman–Crippen MR) is 127 cm³/mol. The number of carbonyl (C=O) groups excluding carboxylic acids is 1. The lowest BCUT2D eigenvalue weighted by molar-refractivity contribution is -0.0439. The van der Waals surface area contributed by atoms with Crippen LogP contribution in [0.5, 0.6) is 17.2 Å². The van der Waals surface area contributed by atoms with Gasteiger partial charge >= 0.3 is 0 Å². The molecule has 2 unspecified atom stereocenters. The Morgan fingerprint density at radius 2 is 2.03 bits per heavy atom. The second-order valence-corrected chi connectivity index (χ2v) is 9.19. The highest BCUT2D eigenvalue weighted by Crippen LogP contribution is 2.46. The van der Waals surface area contributed by atoms with Gasteiger partial charge in [-0.3, -0.25) is 4.79 Å². The zero-order chi connectivity index (χ0) is 23.6. The van der Waals surface area contributed by atoms with Crippen molar-refractivity contribution in [2.24, 2.45) is 0 Å². The van der Waals surface area contributed by atoms with Crippen molar-refractivity contribution in [2.45, 2.75) is 45.1 Å². The lowest BCUT2D eigenvalue weighted by Gasteiger charge is -2.27. The molecule has 1 amide bonds. The average molecular weight is 453 g/mol. The van der Waals surface area contributed by atoms with Crippen LogP contribution in [0.3, 0.4) is 0 Å². The lowest BCUT2D eigenvalue weighted by atomic mass is 10.1. The number of amides is 1. The van der Waals surface area contributed by atoms with Crippen molar-refractivity contribution in [1.82, 2.24) is 10.2 Å². The van der Waals surface area contributed by atoms with Crippen molar-refractivity contribution in [3.05, 3.63) is 59.2 Å².